The van der Waals surface area contributed by atoms with Crippen LogP contribution in [0.3, 0.4) is 0 Å². The van der Waals surface area contributed by atoms with Gasteiger partial charge < -0.3 is 9.32 Å². The largest absolute Gasteiger partial charge is 0.444 e. The molecule has 2 bridgehead atoms. The summed E-state index contributed by atoms with van der Waals surface area (Å²) in [5.74, 6) is 1.54. The number of nitrogens with zero attached hydrogens (tertiary/aromatic N) is 3. The summed E-state index contributed by atoms with van der Waals surface area (Å²) in [4.78, 5) is 9.77. The Morgan fingerprint density at radius 3 is 2.86 bits per heavy atom. The van der Waals surface area contributed by atoms with Gasteiger partial charge in [-0.2, -0.15) is 0 Å². The molecule has 0 radical (unpaired) electrons. The van der Waals surface area contributed by atoms with Crippen LogP contribution in [-0.4, -0.2) is 47.5 Å². The highest BCUT2D eigenvalue weighted by atomic mass is 16.3. The average molecular weight is 297 g/mol. The van der Waals surface area contributed by atoms with Crippen LogP contribution in [0.2, 0.25) is 0 Å². The second kappa shape index (κ2) is 5.86. The highest BCUT2D eigenvalue weighted by Crippen LogP contribution is 2.29. The molecule has 0 saturated carbocycles. The molecule has 3 aliphatic rings. The van der Waals surface area contributed by atoms with E-state index in [9.17, 15) is 0 Å². The van der Waals surface area contributed by atoms with Crippen molar-refractivity contribution in [2.75, 3.05) is 26.7 Å². The van der Waals surface area contributed by atoms with E-state index in [4.69, 9.17) is 4.42 Å². The van der Waals surface area contributed by atoms with Crippen LogP contribution in [-0.2, 0) is 6.54 Å². The van der Waals surface area contributed by atoms with Crippen LogP contribution in [0.4, 0.5) is 0 Å². The molecular weight excluding hydrogens is 274 g/mol. The molecule has 116 valence electrons. The van der Waals surface area contributed by atoms with Crippen molar-refractivity contribution < 1.29 is 4.42 Å². The zero-order valence-corrected chi connectivity index (χ0v) is 13.1. The van der Waals surface area contributed by atoms with Crippen LogP contribution in [0, 0.1) is 5.92 Å². The fourth-order valence-corrected chi connectivity index (χ4v) is 3.91. The van der Waals surface area contributed by atoms with Gasteiger partial charge in [-0.05, 0) is 37.9 Å². The third-order valence-electron chi connectivity index (χ3n) is 4.95. The van der Waals surface area contributed by atoms with Gasteiger partial charge in [0.15, 0.2) is 0 Å². The summed E-state index contributed by atoms with van der Waals surface area (Å²) >= 11 is 0. The Kier molecular flexibility index (Phi) is 3.72. The van der Waals surface area contributed by atoms with Gasteiger partial charge in [0.2, 0.25) is 5.89 Å². The molecule has 0 aliphatic carbocycles. The third kappa shape index (κ3) is 2.81. The minimum atomic E-state index is 0.667. The molecule has 5 rings (SSSR count). The fraction of sp³-hybridized carbons (Fsp3) is 0.500. The van der Waals surface area contributed by atoms with E-state index in [1.807, 2.05) is 36.6 Å². The molecule has 0 unspecified atom stereocenters. The maximum Gasteiger partial charge on any atom is 0.226 e. The van der Waals surface area contributed by atoms with Crippen molar-refractivity contribution >= 4 is 0 Å². The first-order valence-corrected chi connectivity index (χ1v) is 8.20. The number of oxazole rings is 1. The molecule has 4 heterocycles. The first-order valence-electron chi connectivity index (χ1n) is 8.20. The van der Waals surface area contributed by atoms with E-state index in [0.29, 0.717) is 6.04 Å². The van der Waals surface area contributed by atoms with Gasteiger partial charge in [0, 0.05) is 37.8 Å². The first-order chi connectivity index (χ1) is 10.8. The second-order valence-corrected chi connectivity index (χ2v) is 6.76. The fourth-order valence-electron chi connectivity index (χ4n) is 3.91. The minimum absolute atomic E-state index is 0.667. The highest BCUT2D eigenvalue weighted by molar-refractivity contribution is 5.52. The maximum atomic E-state index is 5.68. The van der Waals surface area contributed by atoms with Crippen molar-refractivity contribution in [2.24, 2.45) is 5.92 Å². The number of aromatic nitrogens is 1. The predicted octanol–water partition coefficient (Wildman–Crippen LogP) is 2.87. The van der Waals surface area contributed by atoms with E-state index in [1.54, 1.807) is 0 Å². The van der Waals surface area contributed by atoms with Crippen LogP contribution in [0.15, 0.2) is 41.0 Å². The molecule has 4 heteroatoms. The summed E-state index contributed by atoms with van der Waals surface area (Å²) in [6.07, 6.45) is 4.52. The molecule has 3 saturated heterocycles. The maximum absolute atomic E-state index is 5.68. The van der Waals surface area contributed by atoms with Gasteiger partial charge in [-0.15, -0.1) is 0 Å². The monoisotopic (exact) mass is 297 g/mol. The van der Waals surface area contributed by atoms with E-state index in [2.05, 4.69) is 21.8 Å². The summed E-state index contributed by atoms with van der Waals surface area (Å²) in [5.41, 5.74) is 2.10. The van der Waals surface area contributed by atoms with E-state index in [0.717, 1.165) is 29.6 Å². The van der Waals surface area contributed by atoms with Gasteiger partial charge in [-0.1, -0.05) is 18.2 Å². The van der Waals surface area contributed by atoms with Crippen molar-refractivity contribution in [3.05, 3.63) is 42.3 Å². The van der Waals surface area contributed by atoms with Gasteiger partial charge in [0.05, 0.1) is 5.69 Å². The number of benzene rings is 1. The van der Waals surface area contributed by atoms with Crippen LogP contribution in [0.25, 0.3) is 11.5 Å². The van der Waals surface area contributed by atoms with Crippen molar-refractivity contribution in [3.8, 4) is 11.5 Å². The Balaban J connectivity index is 1.49. The molecule has 1 aromatic heterocycles. The molecule has 0 spiro atoms. The van der Waals surface area contributed by atoms with Crippen molar-refractivity contribution in [2.45, 2.75) is 25.4 Å². The third-order valence-corrected chi connectivity index (χ3v) is 4.95. The van der Waals surface area contributed by atoms with E-state index < -0.39 is 0 Å². The van der Waals surface area contributed by atoms with Crippen LogP contribution < -0.4 is 0 Å². The summed E-state index contributed by atoms with van der Waals surface area (Å²) in [7, 11) is 2.25. The number of hydrogen-bond acceptors (Lipinski definition) is 4. The molecule has 1 aromatic carbocycles. The van der Waals surface area contributed by atoms with E-state index >= 15 is 0 Å². The van der Waals surface area contributed by atoms with Gasteiger partial charge in [0.25, 0.3) is 0 Å². The Bertz CT molecular complexity index is 624. The lowest BCUT2D eigenvalue weighted by Crippen LogP contribution is -2.43. The molecule has 2 atom stereocenters. The molecule has 4 nitrogen and oxygen atoms in total. The summed E-state index contributed by atoms with van der Waals surface area (Å²) < 4.78 is 5.68. The summed E-state index contributed by atoms with van der Waals surface area (Å²) in [6, 6.07) is 10.8. The minimum Gasteiger partial charge on any atom is -0.444 e. The smallest absolute Gasteiger partial charge is 0.226 e. The van der Waals surface area contributed by atoms with Crippen LogP contribution in [0.5, 0.6) is 0 Å². The Morgan fingerprint density at radius 2 is 2.00 bits per heavy atom. The molecule has 22 heavy (non-hydrogen) atoms. The predicted molar refractivity (Wildman–Crippen MR) is 86.4 cm³/mol. The lowest BCUT2D eigenvalue weighted by Gasteiger charge is -2.35. The average Bonchev–Trinajstić information content (AvgIpc) is 2.85. The molecule has 3 aliphatic heterocycles. The molecule has 2 aromatic rings. The SMILES string of the molecule is CN1C[C@H]2CC[C@@H](C1)N(Cc1coc(-c3ccccc3)n1)C2. The topological polar surface area (TPSA) is 32.5 Å². The van der Waals surface area contributed by atoms with Crippen molar-refractivity contribution in [1.29, 1.82) is 0 Å². The van der Waals surface area contributed by atoms with Crippen LogP contribution in [0.1, 0.15) is 18.5 Å². The van der Waals surface area contributed by atoms with Crippen LogP contribution >= 0.6 is 0 Å². The number of likely N-dealkylation sites (N-methyl/N-ethyl adjacent to an activating group) is 1. The molecule has 0 amide bonds. The lowest BCUT2D eigenvalue weighted by molar-refractivity contribution is 0.123. The van der Waals surface area contributed by atoms with Gasteiger partial charge in [-0.3, -0.25) is 4.90 Å². The second-order valence-electron chi connectivity index (χ2n) is 6.76. The molecule has 3 fully saturated rings. The Hall–Kier alpha value is -1.65. The quantitative estimate of drug-likeness (QED) is 0.872. The number of hydrogen-bond donors (Lipinski definition) is 0. The number of piperidine rings is 1. The zero-order valence-electron chi connectivity index (χ0n) is 13.1. The van der Waals surface area contributed by atoms with Gasteiger partial charge >= 0.3 is 0 Å². The normalized spacial score (nSPS) is 26.2. The van der Waals surface area contributed by atoms with Crippen molar-refractivity contribution in [3.63, 3.8) is 0 Å². The van der Waals surface area contributed by atoms with Gasteiger partial charge in [-0.25, -0.2) is 4.98 Å². The lowest BCUT2D eigenvalue weighted by atomic mass is 9.95. The van der Waals surface area contributed by atoms with E-state index in [1.165, 1.54) is 32.5 Å². The zero-order chi connectivity index (χ0) is 14.9. The molecular formula is C18H23N3O. The standard InChI is InChI=1S/C18H23N3O/c1-20-9-14-7-8-17(12-20)21(10-14)11-16-13-22-18(19-16)15-5-3-2-4-6-15/h2-6,13-14,17H,7-12H2,1H3/t14-,17+/m1/s1. The molecule has 0 N–H and O–H groups in total. The Morgan fingerprint density at radius 1 is 1.14 bits per heavy atom. The summed E-state index contributed by atoms with van der Waals surface area (Å²) in [6.45, 7) is 4.52. The first kappa shape index (κ1) is 14.0. The Labute approximate surface area is 131 Å². The number of rotatable bonds is 3. The van der Waals surface area contributed by atoms with E-state index in [-0.39, 0.29) is 0 Å². The van der Waals surface area contributed by atoms with Gasteiger partial charge in [0.1, 0.15) is 6.26 Å². The highest BCUT2D eigenvalue weighted by Gasteiger charge is 2.33. The number of fused-ring (bicyclic) bond motifs is 4. The summed E-state index contributed by atoms with van der Waals surface area (Å²) in [5, 5.41) is 0. The van der Waals surface area contributed by atoms with Crippen molar-refractivity contribution in [1.82, 2.24) is 14.8 Å².